The molecule has 1 rings (SSSR count). The lowest BCUT2D eigenvalue weighted by Gasteiger charge is -2.03. The van der Waals surface area contributed by atoms with E-state index in [9.17, 15) is 0 Å². The summed E-state index contributed by atoms with van der Waals surface area (Å²) in [6.45, 7) is 0.687. The summed E-state index contributed by atoms with van der Waals surface area (Å²) in [5.41, 5.74) is 12.7. The van der Waals surface area contributed by atoms with Crippen molar-refractivity contribution in [2.45, 2.75) is 6.54 Å². The maximum Gasteiger partial charge on any atom is 0.126 e. The fourth-order valence-electron chi connectivity index (χ4n) is 1.13. The number of hydrogen-bond acceptors (Lipinski definition) is 3. The average Bonchev–Trinajstić information content (AvgIpc) is 2.21. The van der Waals surface area contributed by atoms with Crippen LogP contribution in [0.3, 0.4) is 0 Å². The van der Waals surface area contributed by atoms with Gasteiger partial charge in [-0.05, 0) is 23.8 Å². The molecule has 0 aliphatic rings. The zero-order valence-electron chi connectivity index (χ0n) is 8.53. The van der Waals surface area contributed by atoms with Crippen molar-refractivity contribution in [2.75, 3.05) is 13.7 Å². The maximum absolute atomic E-state index is 5.91. The molecule has 0 amide bonds. The van der Waals surface area contributed by atoms with Crippen molar-refractivity contribution < 1.29 is 4.74 Å². The van der Waals surface area contributed by atoms with Gasteiger partial charge in [0.25, 0.3) is 0 Å². The smallest absolute Gasteiger partial charge is 0.126 e. The van der Waals surface area contributed by atoms with Crippen LogP contribution in [0.2, 0.25) is 5.02 Å². The molecule has 0 saturated heterocycles. The number of amidine groups is 1. The van der Waals surface area contributed by atoms with E-state index in [1.165, 1.54) is 0 Å². The van der Waals surface area contributed by atoms with E-state index in [0.717, 1.165) is 11.3 Å². The molecule has 0 heterocycles. The average molecular weight is 228 g/mol. The molecule has 0 atom stereocenters. The third-order valence-corrected chi connectivity index (χ3v) is 2.18. The number of ether oxygens (including phenoxy) is 1. The minimum absolute atomic E-state index is 0.306. The minimum atomic E-state index is 0.306. The van der Waals surface area contributed by atoms with Crippen LogP contribution in [0.25, 0.3) is 0 Å². The molecule has 0 radical (unpaired) electrons. The molecule has 82 valence electrons. The molecule has 15 heavy (non-hydrogen) atoms. The van der Waals surface area contributed by atoms with Crippen LogP contribution in [0, 0.1) is 0 Å². The zero-order chi connectivity index (χ0) is 11.3. The standard InChI is InChI=1S/C10H14ClN3O/c1-15-6-10(13)14-8-2-3-9(11)7(4-8)5-12/h2-4H,5-6,12H2,1H3,(H2,13,14). The number of aliphatic imine (C=N–C) groups is 1. The Kier molecular flexibility index (Phi) is 4.55. The monoisotopic (exact) mass is 227 g/mol. The second kappa shape index (κ2) is 5.70. The van der Waals surface area contributed by atoms with E-state index in [4.69, 9.17) is 27.8 Å². The predicted molar refractivity (Wildman–Crippen MR) is 62.5 cm³/mol. The summed E-state index contributed by atoms with van der Waals surface area (Å²) in [4.78, 5) is 4.15. The van der Waals surface area contributed by atoms with E-state index >= 15 is 0 Å². The van der Waals surface area contributed by atoms with Gasteiger partial charge in [0.15, 0.2) is 0 Å². The highest BCUT2D eigenvalue weighted by atomic mass is 35.5. The van der Waals surface area contributed by atoms with E-state index in [2.05, 4.69) is 4.99 Å². The number of nitrogens with two attached hydrogens (primary N) is 2. The van der Waals surface area contributed by atoms with Crippen LogP contribution in [0.4, 0.5) is 5.69 Å². The number of benzene rings is 1. The number of rotatable bonds is 4. The summed E-state index contributed by atoms with van der Waals surface area (Å²) in [6, 6.07) is 5.34. The molecule has 0 bridgehead atoms. The lowest BCUT2D eigenvalue weighted by molar-refractivity contribution is 0.244. The van der Waals surface area contributed by atoms with Crippen molar-refractivity contribution in [3.05, 3.63) is 28.8 Å². The van der Waals surface area contributed by atoms with Crippen molar-refractivity contribution in [1.29, 1.82) is 0 Å². The summed E-state index contributed by atoms with van der Waals surface area (Å²) < 4.78 is 4.85. The second-order valence-corrected chi connectivity index (χ2v) is 3.42. The first kappa shape index (κ1) is 12.0. The van der Waals surface area contributed by atoms with Gasteiger partial charge < -0.3 is 16.2 Å². The quantitative estimate of drug-likeness (QED) is 0.604. The number of halogens is 1. The predicted octanol–water partition coefficient (Wildman–Crippen LogP) is 1.43. The third-order valence-electron chi connectivity index (χ3n) is 1.81. The van der Waals surface area contributed by atoms with Crippen LogP contribution < -0.4 is 11.5 Å². The lowest BCUT2D eigenvalue weighted by atomic mass is 10.2. The highest BCUT2D eigenvalue weighted by Gasteiger charge is 2.00. The molecule has 0 spiro atoms. The minimum Gasteiger partial charge on any atom is -0.385 e. The molecule has 0 unspecified atom stereocenters. The molecule has 5 heteroatoms. The fourth-order valence-corrected chi connectivity index (χ4v) is 1.33. The molecule has 0 aromatic heterocycles. The Morgan fingerprint density at radius 1 is 1.53 bits per heavy atom. The van der Waals surface area contributed by atoms with E-state index in [1.807, 2.05) is 6.07 Å². The Morgan fingerprint density at radius 3 is 2.87 bits per heavy atom. The Bertz CT molecular complexity index is 366. The van der Waals surface area contributed by atoms with Crippen molar-refractivity contribution in [2.24, 2.45) is 16.5 Å². The topological polar surface area (TPSA) is 73.6 Å². The van der Waals surface area contributed by atoms with Gasteiger partial charge in [-0.3, -0.25) is 0 Å². The summed E-state index contributed by atoms with van der Waals surface area (Å²) in [6.07, 6.45) is 0. The molecule has 4 nitrogen and oxygen atoms in total. The fraction of sp³-hybridized carbons (Fsp3) is 0.300. The molecule has 0 aliphatic carbocycles. The van der Waals surface area contributed by atoms with Gasteiger partial charge in [0, 0.05) is 18.7 Å². The second-order valence-electron chi connectivity index (χ2n) is 3.02. The zero-order valence-corrected chi connectivity index (χ0v) is 9.29. The van der Waals surface area contributed by atoms with Gasteiger partial charge in [0.2, 0.25) is 0 Å². The van der Waals surface area contributed by atoms with Gasteiger partial charge in [-0.2, -0.15) is 0 Å². The maximum atomic E-state index is 5.91. The molecular formula is C10H14ClN3O. The highest BCUT2D eigenvalue weighted by Crippen LogP contribution is 2.21. The van der Waals surface area contributed by atoms with Crippen molar-refractivity contribution in [1.82, 2.24) is 0 Å². The van der Waals surface area contributed by atoms with E-state index in [0.29, 0.717) is 24.0 Å². The van der Waals surface area contributed by atoms with Crippen LogP contribution in [-0.2, 0) is 11.3 Å². The SMILES string of the molecule is COCC(N)=Nc1ccc(Cl)c(CN)c1. The van der Waals surface area contributed by atoms with Gasteiger partial charge in [0.1, 0.15) is 12.4 Å². The summed E-state index contributed by atoms with van der Waals surface area (Å²) in [7, 11) is 1.57. The van der Waals surface area contributed by atoms with Crippen LogP contribution in [0.5, 0.6) is 0 Å². The van der Waals surface area contributed by atoms with Gasteiger partial charge in [-0.15, -0.1) is 0 Å². The first-order valence-corrected chi connectivity index (χ1v) is 4.85. The Morgan fingerprint density at radius 2 is 2.27 bits per heavy atom. The van der Waals surface area contributed by atoms with E-state index in [-0.39, 0.29) is 0 Å². The first-order chi connectivity index (χ1) is 7.17. The number of nitrogens with zero attached hydrogens (tertiary/aromatic N) is 1. The van der Waals surface area contributed by atoms with Gasteiger partial charge in [-0.1, -0.05) is 11.6 Å². The Balaban J connectivity index is 2.91. The lowest BCUT2D eigenvalue weighted by Crippen LogP contribution is -2.17. The molecule has 0 aliphatic heterocycles. The van der Waals surface area contributed by atoms with Crippen molar-refractivity contribution >= 4 is 23.1 Å². The Labute approximate surface area is 93.9 Å². The van der Waals surface area contributed by atoms with Crippen LogP contribution in [0.15, 0.2) is 23.2 Å². The Hall–Kier alpha value is -1.10. The molecule has 4 N–H and O–H groups in total. The molecule has 0 saturated carbocycles. The summed E-state index contributed by atoms with van der Waals surface area (Å²) >= 11 is 5.91. The van der Waals surface area contributed by atoms with Crippen LogP contribution in [0.1, 0.15) is 5.56 Å². The van der Waals surface area contributed by atoms with Crippen molar-refractivity contribution in [3.63, 3.8) is 0 Å². The van der Waals surface area contributed by atoms with Gasteiger partial charge in [-0.25, -0.2) is 4.99 Å². The third kappa shape index (κ3) is 3.51. The number of hydrogen-bond donors (Lipinski definition) is 2. The van der Waals surface area contributed by atoms with E-state index in [1.54, 1.807) is 19.2 Å². The van der Waals surface area contributed by atoms with Crippen molar-refractivity contribution in [3.8, 4) is 0 Å². The van der Waals surface area contributed by atoms with E-state index < -0.39 is 0 Å². The first-order valence-electron chi connectivity index (χ1n) is 4.48. The molecule has 1 aromatic carbocycles. The number of methoxy groups -OCH3 is 1. The molecule has 0 fully saturated rings. The van der Waals surface area contributed by atoms with Crippen LogP contribution in [-0.4, -0.2) is 19.6 Å². The summed E-state index contributed by atoms with van der Waals surface area (Å²) in [5, 5.41) is 0.641. The highest BCUT2D eigenvalue weighted by molar-refractivity contribution is 6.31. The van der Waals surface area contributed by atoms with Gasteiger partial charge in [0.05, 0.1) is 5.69 Å². The normalized spacial score (nSPS) is 11.8. The molecular weight excluding hydrogens is 214 g/mol. The van der Waals surface area contributed by atoms with Crippen LogP contribution >= 0.6 is 11.6 Å². The largest absolute Gasteiger partial charge is 0.385 e. The molecule has 1 aromatic rings. The van der Waals surface area contributed by atoms with Gasteiger partial charge >= 0.3 is 0 Å². The summed E-state index contributed by atoms with van der Waals surface area (Å²) in [5.74, 6) is 0.419.